The minimum atomic E-state index is -0.361. The van der Waals surface area contributed by atoms with Crippen LogP contribution in [0.1, 0.15) is 15.9 Å². The van der Waals surface area contributed by atoms with Crippen molar-refractivity contribution in [3.05, 3.63) is 78.0 Å². The Morgan fingerprint density at radius 2 is 1.81 bits per heavy atom. The molecule has 27 heavy (non-hydrogen) atoms. The predicted octanol–water partition coefficient (Wildman–Crippen LogP) is 4.24. The zero-order chi connectivity index (χ0) is 18.8. The largest absolute Gasteiger partial charge is 0.293 e. The number of nitrogens with zero attached hydrogens (tertiary/aromatic N) is 4. The lowest BCUT2D eigenvalue weighted by atomic mass is 10.1. The molecule has 4 aromatic rings. The highest BCUT2D eigenvalue weighted by Gasteiger charge is 2.14. The fourth-order valence-electron chi connectivity index (χ4n) is 2.67. The van der Waals surface area contributed by atoms with Crippen molar-refractivity contribution < 1.29 is 9.18 Å². The molecule has 0 aliphatic rings. The molecule has 0 aliphatic carbocycles. The van der Waals surface area contributed by atoms with Crippen LogP contribution in [-0.4, -0.2) is 31.3 Å². The second-order valence-corrected chi connectivity index (χ2v) is 6.99. The highest BCUT2D eigenvalue weighted by atomic mass is 32.2. The molecule has 0 bridgehead atoms. The summed E-state index contributed by atoms with van der Waals surface area (Å²) in [4.78, 5) is 21.0. The van der Waals surface area contributed by atoms with Crippen molar-refractivity contribution in [1.82, 2.24) is 19.7 Å². The molecule has 0 fully saturated rings. The van der Waals surface area contributed by atoms with E-state index in [4.69, 9.17) is 0 Å². The van der Waals surface area contributed by atoms with Crippen molar-refractivity contribution in [2.24, 2.45) is 0 Å². The first kappa shape index (κ1) is 17.4. The van der Waals surface area contributed by atoms with Gasteiger partial charge in [0.1, 0.15) is 17.2 Å². The van der Waals surface area contributed by atoms with E-state index in [2.05, 4.69) is 15.1 Å². The number of aryl methyl sites for hydroxylation is 1. The van der Waals surface area contributed by atoms with Gasteiger partial charge < -0.3 is 0 Å². The third-order valence-corrected chi connectivity index (χ3v) is 5.12. The van der Waals surface area contributed by atoms with Crippen LogP contribution in [0, 0.1) is 12.7 Å². The Labute approximate surface area is 159 Å². The second-order valence-electron chi connectivity index (χ2n) is 6.03. The summed E-state index contributed by atoms with van der Waals surface area (Å²) in [5, 5.41) is 5.90. The average Bonchev–Trinajstić information content (AvgIpc) is 3.12. The lowest BCUT2D eigenvalue weighted by molar-refractivity contribution is 0.102. The average molecular weight is 378 g/mol. The Hall–Kier alpha value is -3.06. The van der Waals surface area contributed by atoms with E-state index in [0.29, 0.717) is 16.2 Å². The predicted molar refractivity (Wildman–Crippen MR) is 103 cm³/mol. The first-order chi connectivity index (χ1) is 13.1. The van der Waals surface area contributed by atoms with Crippen LogP contribution in [0.5, 0.6) is 0 Å². The Kier molecular flexibility index (Phi) is 4.68. The Balaban J connectivity index is 1.58. The summed E-state index contributed by atoms with van der Waals surface area (Å²) >= 11 is 1.32. The number of carbonyl (C=O) groups excluding carboxylic acids is 1. The van der Waals surface area contributed by atoms with Crippen LogP contribution in [0.3, 0.4) is 0 Å². The molecule has 134 valence electrons. The SMILES string of the molecule is Cc1ccc(-n2ncc3c(SCC(=O)c4ccc(F)cc4)ncnc32)cc1. The molecule has 2 aromatic heterocycles. The molecule has 0 atom stereocenters. The number of hydrogen-bond acceptors (Lipinski definition) is 5. The highest BCUT2D eigenvalue weighted by molar-refractivity contribution is 8.00. The maximum Gasteiger partial charge on any atom is 0.173 e. The molecule has 4 rings (SSSR count). The maximum atomic E-state index is 13.0. The minimum Gasteiger partial charge on any atom is -0.293 e. The van der Waals surface area contributed by atoms with Crippen molar-refractivity contribution in [3.8, 4) is 5.69 Å². The molecule has 7 heteroatoms. The number of ketones is 1. The monoisotopic (exact) mass is 378 g/mol. The van der Waals surface area contributed by atoms with Gasteiger partial charge in [-0.05, 0) is 43.3 Å². The van der Waals surface area contributed by atoms with Crippen LogP contribution in [-0.2, 0) is 0 Å². The van der Waals surface area contributed by atoms with Crippen molar-refractivity contribution >= 4 is 28.6 Å². The van der Waals surface area contributed by atoms with Crippen LogP contribution in [0.15, 0.2) is 66.1 Å². The topological polar surface area (TPSA) is 60.7 Å². The van der Waals surface area contributed by atoms with Crippen LogP contribution in [0.25, 0.3) is 16.7 Å². The molecule has 2 aromatic carbocycles. The molecule has 0 aliphatic heterocycles. The first-order valence-electron chi connectivity index (χ1n) is 8.29. The number of thioether (sulfide) groups is 1. The Bertz CT molecular complexity index is 1110. The van der Waals surface area contributed by atoms with Crippen molar-refractivity contribution in [2.45, 2.75) is 11.9 Å². The Morgan fingerprint density at radius 1 is 1.07 bits per heavy atom. The van der Waals surface area contributed by atoms with E-state index in [1.807, 2.05) is 31.2 Å². The molecule has 0 spiro atoms. The van der Waals surface area contributed by atoms with Crippen LogP contribution in [0.2, 0.25) is 0 Å². The standard InChI is InChI=1S/C20H15FN4OS/c1-13-2-8-16(9-3-13)25-19-17(10-24-25)20(23-12-22-19)27-11-18(26)14-4-6-15(21)7-5-14/h2-10,12H,11H2,1H3. The fraction of sp³-hybridized carbons (Fsp3) is 0.100. The molecule has 2 heterocycles. The van der Waals surface area contributed by atoms with E-state index in [1.54, 1.807) is 10.9 Å². The number of benzene rings is 2. The van der Waals surface area contributed by atoms with E-state index >= 15 is 0 Å². The van der Waals surface area contributed by atoms with Gasteiger partial charge in [0, 0.05) is 5.56 Å². The van der Waals surface area contributed by atoms with Gasteiger partial charge in [-0.3, -0.25) is 4.79 Å². The van der Waals surface area contributed by atoms with Gasteiger partial charge in [-0.25, -0.2) is 19.0 Å². The third-order valence-electron chi connectivity index (χ3n) is 4.11. The maximum absolute atomic E-state index is 13.0. The van der Waals surface area contributed by atoms with Gasteiger partial charge >= 0.3 is 0 Å². The number of hydrogen-bond donors (Lipinski definition) is 0. The zero-order valence-corrected chi connectivity index (χ0v) is 15.3. The van der Waals surface area contributed by atoms with E-state index in [9.17, 15) is 9.18 Å². The quantitative estimate of drug-likeness (QED) is 0.295. The normalized spacial score (nSPS) is 11.0. The van der Waals surface area contributed by atoms with E-state index in [1.165, 1.54) is 47.9 Å². The molecule has 0 N–H and O–H groups in total. The summed E-state index contributed by atoms with van der Waals surface area (Å²) in [5.41, 5.74) is 3.24. The third kappa shape index (κ3) is 3.59. The molecular formula is C20H15FN4OS. The van der Waals surface area contributed by atoms with Crippen molar-refractivity contribution in [2.75, 3.05) is 5.75 Å². The highest BCUT2D eigenvalue weighted by Crippen LogP contribution is 2.26. The molecule has 0 amide bonds. The number of halogens is 1. The molecule has 0 saturated carbocycles. The smallest absolute Gasteiger partial charge is 0.173 e. The van der Waals surface area contributed by atoms with E-state index in [0.717, 1.165) is 11.1 Å². The molecule has 5 nitrogen and oxygen atoms in total. The Morgan fingerprint density at radius 3 is 2.56 bits per heavy atom. The summed E-state index contributed by atoms with van der Waals surface area (Å²) in [5.74, 6) is -0.245. The number of carbonyl (C=O) groups is 1. The number of rotatable bonds is 5. The summed E-state index contributed by atoms with van der Waals surface area (Å²) in [7, 11) is 0. The summed E-state index contributed by atoms with van der Waals surface area (Å²) in [6.45, 7) is 2.03. The molecule has 0 radical (unpaired) electrons. The van der Waals surface area contributed by atoms with Crippen LogP contribution < -0.4 is 0 Å². The summed E-state index contributed by atoms with van der Waals surface area (Å²) < 4.78 is 14.7. The zero-order valence-electron chi connectivity index (χ0n) is 14.5. The second kappa shape index (κ2) is 7.28. The fourth-order valence-corrected chi connectivity index (χ4v) is 3.52. The van der Waals surface area contributed by atoms with Gasteiger partial charge in [-0.1, -0.05) is 29.5 Å². The van der Waals surface area contributed by atoms with Gasteiger partial charge in [-0.2, -0.15) is 5.10 Å². The van der Waals surface area contributed by atoms with Crippen molar-refractivity contribution in [3.63, 3.8) is 0 Å². The lowest BCUT2D eigenvalue weighted by Crippen LogP contribution is -2.03. The lowest BCUT2D eigenvalue weighted by Gasteiger charge is -2.05. The van der Waals surface area contributed by atoms with Gasteiger partial charge in [-0.15, -0.1) is 0 Å². The van der Waals surface area contributed by atoms with Crippen molar-refractivity contribution in [1.29, 1.82) is 0 Å². The van der Waals surface area contributed by atoms with Crippen LogP contribution >= 0.6 is 11.8 Å². The van der Waals surface area contributed by atoms with E-state index in [-0.39, 0.29) is 17.4 Å². The number of aromatic nitrogens is 4. The van der Waals surface area contributed by atoms with Gasteiger partial charge in [0.15, 0.2) is 11.4 Å². The number of fused-ring (bicyclic) bond motifs is 1. The summed E-state index contributed by atoms with van der Waals surface area (Å²) in [6, 6.07) is 13.5. The minimum absolute atomic E-state index is 0.0855. The van der Waals surface area contributed by atoms with Gasteiger partial charge in [0.05, 0.1) is 23.0 Å². The number of Topliss-reactive ketones (excluding diaryl/α,β-unsaturated/α-hetero) is 1. The van der Waals surface area contributed by atoms with Crippen LogP contribution in [0.4, 0.5) is 4.39 Å². The summed E-state index contributed by atoms with van der Waals surface area (Å²) in [6.07, 6.45) is 3.18. The van der Waals surface area contributed by atoms with E-state index < -0.39 is 0 Å². The molecule has 0 saturated heterocycles. The van der Waals surface area contributed by atoms with Gasteiger partial charge in [0.25, 0.3) is 0 Å². The van der Waals surface area contributed by atoms with Gasteiger partial charge in [0.2, 0.25) is 0 Å². The molecule has 0 unspecified atom stereocenters. The first-order valence-corrected chi connectivity index (χ1v) is 9.28. The molecular weight excluding hydrogens is 363 g/mol.